The summed E-state index contributed by atoms with van der Waals surface area (Å²) >= 11 is 7.62. The Morgan fingerprint density at radius 3 is 2.76 bits per heavy atom. The number of fused-ring (bicyclic) bond motifs is 3. The second kappa shape index (κ2) is 7.61. The number of anilines is 1. The van der Waals surface area contributed by atoms with Gasteiger partial charge in [-0.1, -0.05) is 42.8 Å². The Labute approximate surface area is 176 Å². The number of halogens is 1. The first-order chi connectivity index (χ1) is 13.9. The summed E-state index contributed by atoms with van der Waals surface area (Å²) in [4.78, 5) is 26.4. The lowest BCUT2D eigenvalue weighted by molar-refractivity contribution is -0.119. The molecule has 0 aliphatic rings. The van der Waals surface area contributed by atoms with Crippen LogP contribution in [0, 0.1) is 13.8 Å². The van der Waals surface area contributed by atoms with E-state index < -0.39 is 6.04 Å². The van der Waals surface area contributed by atoms with E-state index in [9.17, 15) is 9.59 Å². The van der Waals surface area contributed by atoms with Crippen LogP contribution < -0.4 is 10.9 Å². The third-order valence-corrected chi connectivity index (χ3v) is 6.56. The van der Waals surface area contributed by atoms with Gasteiger partial charge in [0.15, 0.2) is 0 Å². The zero-order valence-electron chi connectivity index (χ0n) is 16.3. The van der Waals surface area contributed by atoms with Gasteiger partial charge in [0.25, 0.3) is 5.56 Å². The summed E-state index contributed by atoms with van der Waals surface area (Å²) in [5.41, 5.74) is 2.03. The molecule has 1 amide bonds. The Hall–Kier alpha value is -2.70. The van der Waals surface area contributed by atoms with E-state index in [1.165, 1.54) is 4.68 Å². The summed E-state index contributed by atoms with van der Waals surface area (Å²) in [6.07, 6.45) is 0.436. The van der Waals surface area contributed by atoms with E-state index in [0.29, 0.717) is 22.5 Å². The Kier molecular flexibility index (Phi) is 5.15. The van der Waals surface area contributed by atoms with Crippen LogP contribution in [0.3, 0.4) is 0 Å². The topological polar surface area (TPSA) is 64.0 Å². The maximum Gasteiger partial charge on any atom is 0.276 e. The molecule has 1 atom stereocenters. The van der Waals surface area contributed by atoms with E-state index >= 15 is 0 Å². The van der Waals surface area contributed by atoms with Gasteiger partial charge in [-0.3, -0.25) is 9.59 Å². The molecular weight excluding hydrogens is 406 g/mol. The van der Waals surface area contributed by atoms with Crippen molar-refractivity contribution in [2.24, 2.45) is 0 Å². The molecule has 0 saturated heterocycles. The lowest BCUT2D eigenvalue weighted by atomic mass is 10.1. The number of hydrogen-bond donors (Lipinski definition) is 1. The Morgan fingerprint density at radius 1 is 1.24 bits per heavy atom. The molecule has 0 spiro atoms. The van der Waals surface area contributed by atoms with Crippen LogP contribution in [0.25, 0.3) is 20.2 Å². The van der Waals surface area contributed by atoms with Gasteiger partial charge in [-0.2, -0.15) is 5.10 Å². The Balaban J connectivity index is 1.82. The molecule has 0 aliphatic heterocycles. The van der Waals surface area contributed by atoms with Crippen LogP contribution in [0.2, 0.25) is 5.02 Å². The monoisotopic (exact) mass is 425 g/mol. The minimum Gasteiger partial charge on any atom is -0.324 e. The molecule has 2 aromatic carbocycles. The molecule has 1 N–H and O–H groups in total. The summed E-state index contributed by atoms with van der Waals surface area (Å²) in [7, 11) is 0. The number of aromatic nitrogens is 2. The molecule has 5 nitrogen and oxygen atoms in total. The van der Waals surface area contributed by atoms with Gasteiger partial charge in [-0.15, -0.1) is 11.3 Å². The largest absolute Gasteiger partial charge is 0.324 e. The van der Waals surface area contributed by atoms with Gasteiger partial charge >= 0.3 is 0 Å². The quantitative estimate of drug-likeness (QED) is 0.471. The first-order valence-electron chi connectivity index (χ1n) is 9.38. The lowest BCUT2D eigenvalue weighted by Gasteiger charge is -2.18. The zero-order valence-corrected chi connectivity index (χ0v) is 17.9. The molecule has 148 valence electrons. The molecule has 29 heavy (non-hydrogen) atoms. The molecule has 2 aromatic heterocycles. The molecule has 0 unspecified atom stereocenters. The number of nitrogens with zero attached hydrogens (tertiary/aromatic N) is 2. The van der Waals surface area contributed by atoms with Crippen molar-refractivity contribution in [3.8, 4) is 0 Å². The molecule has 0 radical (unpaired) electrons. The van der Waals surface area contributed by atoms with Gasteiger partial charge < -0.3 is 5.32 Å². The van der Waals surface area contributed by atoms with Gasteiger partial charge in [0, 0.05) is 20.8 Å². The van der Waals surface area contributed by atoms with E-state index in [1.54, 1.807) is 23.5 Å². The maximum atomic E-state index is 13.3. The number of aryl methyl sites for hydroxylation is 2. The van der Waals surface area contributed by atoms with Gasteiger partial charge in [0.2, 0.25) is 5.91 Å². The molecule has 2 heterocycles. The fourth-order valence-electron chi connectivity index (χ4n) is 3.51. The van der Waals surface area contributed by atoms with Crippen LogP contribution in [-0.4, -0.2) is 15.7 Å². The molecule has 0 saturated carbocycles. The van der Waals surface area contributed by atoms with Crippen LogP contribution in [0.4, 0.5) is 5.69 Å². The zero-order chi connectivity index (χ0) is 20.7. The molecular formula is C22H20ClN3O2S. The number of benzene rings is 2. The number of carbonyl (C=O) groups is 1. The highest BCUT2D eigenvalue weighted by atomic mass is 35.5. The second-order valence-corrected chi connectivity index (χ2v) is 8.50. The van der Waals surface area contributed by atoms with Crippen molar-refractivity contribution in [2.75, 3.05) is 5.32 Å². The van der Waals surface area contributed by atoms with Crippen molar-refractivity contribution in [3.63, 3.8) is 0 Å². The first kappa shape index (κ1) is 19.6. The van der Waals surface area contributed by atoms with Crippen molar-refractivity contribution in [1.82, 2.24) is 9.78 Å². The van der Waals surface area contributed by atoms with Crippen molar-refractivity contribution in [1.29, 1.82) is 0 Å². The fraction of sp³-hybridized carbons (Fsp3) is 0.227. The van der Waals surface area contributed by atoms with Gasteiger partial charge in [-0.05, 0) is 44.0 Å². The highest BCUT2D eigenvalue weighted by Crippen LogP contribution is 2.33. The summed E-state index contributed by atoms with van der Waals surface area (Å²) in [6, 6.07) is 12.4. The number of rotatable bonds is 4. The number of hydrogen-bond acceptors (Lipinski definition) is 4. The number of thiophene rings is 1. The molecule has 4 aromatic rings. The van der Waals surface area contributed by atoms with Crippen LogP contribution in [-0.2, 0) is 4.79 Å². The van der Waals surface area contributed by atoms with Crippen molar-refractivity contribution >= 4 is 54.7 Å². The van der Waals surface area contributed by atoms with E-state index in [-0.39, 0.29) is 11.5 Å². The Morgan fingerprint density at radius 2 is 2.00 bits per heavy atom. The number of carbonyl (C=O) groups excluding carboxylic acids is 1. The van der Waals surface area contributed by atoms with Crippen LogP contribution >= 0.6 is 22.9 Å². The van der Waals surface area contributed by atoms with Gasteiger partial charge in [0.05, 0.1) is 15.8 Å². The minimum atomic E-state index is -0.720. The maximum absolute atomic E-state index is 13.3. The normalized spacial score (nSPS) is 12.4. The average molecular weight is 426 g/mol. The van der Waals surface area contributed by atoms with Gasteiger partial charge in [0.1, 0.15) is 6.04 Å². The van der Waals surface area contributed by atoms with Crippen LogP contribution in [0.15, 0.2) is 47.3 Å². The highest BCUT2D eigenvalue weighted by Gasteiger charge is 2.24. The first-order valence-corrected chi connectivity index (χ1v) is 10.6. The standard InChI is InChI=1S/C22H20ClN3O2S/c1-4-17(21(27)24-16-11-14(23)10-9-12(16)2)26-22(28)19-15-7-5-6-8-18(15)29-20(19)13(3)25-26/h5-11,17H,4H2,1-3H3,(H,24,27)/t17-/m1/s1. The van der Waals surface area contributed by atoms with Crippen molar-refractivity contribution in [3.05, 3.63) is 69.1 Å². The fourth-order valence-corrected chi connectivity index (χ4v) is 4.81. The molecule has 4 rings (SSSR count). The van der Waals surface area contributed by atoms with E-state index in [2.05, 4.69) is 10.4 Å². The number of nitrogens with one attached hydrogen (secondary N) is 1. The van der Waals surface area contributed by atoms with E-state index in [1.807, 2.05) is 51.1 Å². The van der Waals surface area contributed by atoms with E-state index in [4.69, 9.17) is 11.6 Å². The summed E-state index contributed by atoms with van der Waals surface area (Å²) in [5.74, 6) is -0.286. The summed E-state index contributed by atoms with van der Waals surface area (Å²) in [6.45, 7) is 5.64. The SMILES string of the molecule is CC[C@H](C(=O)Nc1cc(Cl)ccc1C)n1nc(C)c2sc3ccccc3c2c1=O. The highest BCUT2D eigenvalue weighted by molar-refractivity contribution is 7.26. The Bertz CT molecular complexity index is 1310. The lowest BCUT2D eigenvalue weighted by Crippen LogP contribution is -2.35. The van der Waals surface area contributed by atoms with Crippen LogP contribution in [0.1, 0.15) is 30.6 Å². The van der Waals surface area contributed by atoms with Crippen molar-refractivity contribution in [2.45, 2.75) is 33.2 Å². The summed E-state index contributed by atoms with van der Waals surface area (Å²) in [5, 5.41) is 9.47. The predicted octanol–water partition coefficient (Wildman–Crippen LogP) is 5.47. The predicted molar refractivity (Wildman–Crippen MR) is 120 cm³/mol. The number of amides is 1. The third kappa shape index (κ3) is 3.43. The summed E-state index contributed by atoms with van der Waals surface area (Å²) < 4.78 is 3.23. The molecule has 0 fully saturated rings. The smallest absolute Gasteiger partial charge is 0.276 e. The average Bonchev–Trinajstić information content (AvgIpc) is 3.09. The minimum absolute atomic E-state index is 0.243. The molecule has 0 aliphatic carbocycles. The van der Waals surface area contributed by atoms with Crippen LogP contribution in [0.5, 0.6) is 0 Å². The molecule has 7 heteroatoms. The van der Waals surface area contributed by atoms with Crippen molar-refractivity contribution < 1.29 is 4.79 Å². The molecule has 0 bridgehead atoms. The third-order valence-electron chi connectivity index (χ3n) is 5.05. The second-order valence-electron chi connectivity index (χ2n) is 7.01. The van der Waals surface area contributed by atoms with E-state index in [0.717, 1.165) is 26.0 Å². The van der Waals surface area contributed by atoms with Gasteiger partial charge in [-0.25, -0.2) is 4.68 Å².